The van der Waals surface area contributed by atoms with E-state index in [9.17, 15) is 4.79 Å². The van der Waals surface area contributed by atoms with E-state index in [4.69, 9.17) is 0 Å². The molecule has 0 spiro atoms. The van der Waals surface area contributed by atoms with Gasteiger partial charge in [-0.25, -0.2) is 9.97 Å². The van der Waals surface area contributed by atoms with Gasteiger partial charge < -0.3 is 10.6 Å². The van der Waals surface area contributed by atoms with E-state index >= 15 is 0 Å². The third kappa shape index (κ3) is 4.80. The minimum absolute atomic E-state index is 0.0151. The highest BCUT2D eigenvalue weighted by atomic mass is 32.2. The summed E-state index contributed by atoms with van der Waals surface area (Å²) < 4.78 is 0. The number of hydrogen-bond acceptors (Lipinski definition) is 6. The molecule has 2 N–H and O–H groups in total. The number of amidine groups is 1. The van der Waals surface area contributed by atoms with Crippen LogP contribution in [0.2, 0.25) is 0 Å². The first kappa shape index (κ1) is 14.8. The monoisotopic (exact) mass is 293 g/mol. The van der Waals surface area contributed by atoms with Crippen LogP contribution < -0.4 is 10.6 Å². The topological polar surface area (TPSA) is 79.3 Å². The third-order valence-electron chi connectivity index (χ3n) is 2.68. The fourth-order valence-electron chi connectivity index (χ4n) is 1.85. The van der Waals surface area contributed by atoms with Gasteiger partial charge in [-0.1, -0.05) is 11.8 Å². The molecule has 0 saturated carbocycles. The van der Waals surface area contributed by atoms with Gasteiger partial charge in [0.2, 0.25) is 11.9 Å². The van der Waals surface area contributed by atoms with Crippen LogP contribution in [0.25, 0.3) is 0 Å². The molecule has 0 aliphatic carbocycles. The van der Waals surface area contributed by atoms with E-state index in [0.29, 0.717) is 18.9 Å². The molecule has 0 saturated heterocycles. The van der Waals surface area contributed by atoms with Crippen LogP contribution in [-0.4, -0.2) is 39.9 Å². The average molecular weight is 293 g/mol. The molecule has 0 fully saturated rings. The number of thioether (sulfide) groups is 1. The summed E-state index contributed by atoms with van der Waals surface area (Å²) in [5.41, 5.74) is 1.88. The molecule has 6 nitrogen and oxygen atoms in total. The van der Waals surface area contributed by atoms with Crippen LogP contribution in [0.3, 0.4) is 0 Å². The van der Waals surface area contributed by atoms with Gasteiger partial charge in [-0.15, -0.1) is 0 Å². The zero-order valence-corrected chi connectivity index (χ0v) is 12.6. The van der Waals surface area contributed by atoms with Crippen LogP contribution in [0.15, 0.2) is 11.1 Å². The standard InChI is InChI=1S/C13H19N5OS/c1-9-8-10(2)17-12(16-9)14-5-3-4-11(19)18-13-15-6-7-20-13/h8H,3-7H2,1-2H3,(H,14,16,17)(H,15,18,19). The molecule has 2 rings (SSSR count). The highest BCUT2D eigenvalue weighted by Gasteiger charge is 2.10. The van der Waals surface area contributed by atoms with Gasteiger partial charge in [0.25, 0.3) is 0 Å². The summed E-state index contributed by atoms with van der Waals surface area (Å²) in [5, 5.41) is 6.70. The first-order valence-electron chi connectivity index (χ1n) is 6.67. The Morgan fingerprint density at radius 2 is 2.10 bits per heavy atom. The Labute approximate surface area is 122 Å². The van der Waals surface area contributed by atoms with Crippen molar-refractivity contribution in [3.05, 3.63) is 17.5 Å². The first-order valence-corrected chi connectivity index (χ1v) is 7.65. The SMILES string of the molecule is Cc1cc(C)nc(NCCCC(=O)NC2=NCCS2)n1. The molecular formula is C13H19N5OS. The molecule has 108 valence electrons. The van der Waals surface area contributed by atoms with Crippen molar-refractivity contribution in [1.82, 2.24) is 15.3 Å². The Balaban J connectivity index is 1.66. The number of aryl methyl sites for hydroxylation is 2. The summed E-state index contributed by atoms with van der Waals surface area (Å²) >= 11 is 1.59. The highest BCUT2D eigenvalue weighted by Crippen LogP contribution is 2.09. The highest BCUT2D eigenvalue weighted by molar-refractivity contribution is 8.14. The lowest BCUT2D eigenvalue weighted by molar-refractivity contribution is -0.119. The second-order valence-electron chi connectivity index (χ2n) is 4.59. The van der Waals surface area contributed by atoms with Crippen molar-refractivity contribution in [1.29, 1.82) is 0 Å². The van der Waals surface area contributed by atoms with Crippen LogP contribution in [0, 0.1) is 13.8 Å². The van der Waals surface area contributed by atoms with Crippen LogP contribution in [-0.2, 0) is 4.79 Å². The second-order valence-corrected chi connectivity index (χ2v) is 5.67. The van der Waals surface area contributed by atoms with Crippen molar-refractivity contribution in [2.45, 2.75) is 26.7 Å². The zero-order chi connectivity index (χ0) is 14.4. The summed E-state index contributed by atoms with van der Waals surface area (Å²) in [4.78, 5) is 24.4. The van der Waals surface area contributed by atoms with E-state index in [1.54, 1.807) is 11.8 Å². The molecule has 1 aliphatic heterocycles. The number of amides is 1. The van der Waals surface area contributed by atoms with E-state index in [1.807, 2.05) is 19.9 Å². The van der Waals surface area contributed by atoms with Crippen molar-refractivity contribution in [2.75, 3.05) is 24.2 Å². The lowest BCUT2D eigenvalue weighted by atomic mass is 10.3. The Morgan fingerprint density at radius 3 is 2.75 bits per heavy atom. The van der Waals surface area contributed by atoms with E-state index in [0.717, 1.165) is 35.3 Å². The number of carbonyl (C=O) groups is 1. The Hall–Kier alpha value is -1.63. The predicted molar refractivity (Wildman–Crippen MR) is 82.1 cm³/mol. The number of rotatable bonds is 5. The Bertz CT molecular complexity index is 497. The summed E-state index contributed by atoms with van der Waals surface area (Å²) in [6.07, 6.45) is 1.21. The average Bonchev–Trinajstić information content (AvgIpc) is 2.86. The summed E-state index contributed by atoms with van der Waals surface area (Å²) in [6.45, 7) is 5.35. The van der Waals surface area contributed by atoms with E-state index in [-0.39, 0.29) is 5.91 Å². The smallest absolute Gasteiger partial charge is 0.225 e. The van der Waals surface area contributed by atoms with Crippen molar-refractivity contribution in [3.63, 3.8) is 0 Å². The van der Waals surface area contributed by atoms with Crippen molar-refractivity contribution in [2.24, 2.45) is 4.99 Å². The molecule has 7 heteroatoms. The molecule has 1 amide bonds. The maximum atomic E-state index is 11.7. The third-order valence-corrected chi connectivity index (χ3v) is 3.57. The van der Waals surface area contributed by atoms with Crippen molar-refractivity contribution in [3.8, 4) is 0 Å². The van der Waals surface area contributed by atoms with E-state index in [1.165, 1.54) is 0 Å². The molecule has 0 radical (unpaired) electrons. The number of anilines is 1. The minimum Gasteiger partial charge on any atom is -0.354 e. The van der Waals surface area contributed by atoms with Crippen LogP contribution >= 0.6 is 11.8 Å². The van der Waals surface area contributed by atoms with Gasteiger partial charge in [-0.05, 0) is 26.3 Å². The fraction of sp³-hybridized carbons (Fsp3) is 0.538. The molecule has 2 heterocycles. The molecule has 0 unspecified atom stereocenters. The van der Waals surface area contributed by atoms with Crippen LogP contribution in [0.1, 0.15) is 24.2 Å². The minimum atomic E-state index is 0.0151. The number of aliphatic imine (C=N–C) groups is 1. The predicted octanol–water partition coefficient (Wildman–Crippen LogP) is 1.50. The number of carbonyl (C=O) groups excluding carboxylic acids is 1. The summed E-state index contributed by atoms with van der Waals surface area (Å²) in [6, 6.07) is 1.93. The van der Waals surface area contributed by atoms with Gasteiger partial charge in [0.1, 0.15) is 0 Å². The van der Waals surface area contributed by atoms with Gasteiger partial charge in [-0.3, -0.25) is 9.79 Å². The maximum Gasteiger partial charge on any atom is 0.225 e. The number of nitrogens with zero attached hydrogens (tertiary/aromatic N) is 3. The summed E-state index contributed by atoms with van der Waals surface area (Å²) in [7, 11) is 0. The number of nitrogens with one attached hydrogen (secondary N) is 2. The van der Waals surface area contributed by atoms with E-state index < -0.39 is 0 Å². The Morgan fingerprint density at radius 1 is 1.35 bits per heavy atom. The molecule has 1 aromatic rings. The van der Waals surface area contributed by atoms with Crippen molar-refractivity contribution < 1.29 is 4.79 Å². The normalized spacial score (nSPS) is 14.0. The first-order chi connectivity index (χ1) is 9.63. The molecule has 1 aromatic heterocycles. The van der Waals surface area contributed by atoms with Gasteiger partial charge >= 0.3 is 0 Å². The number of hydrogen-bond donors (Lipinski definition) is 2. The van der Waals surface area contributed by atoms with Gasteiger partial charge in [-0.2, -0.15) is 0 Å². The lowest BCUT2D eigenvalue weighted by Gasteiger charge is -2.07. The zero-order valence-electron chi connectivity index (χ0n) is 11.8. The second kappa shape index (κ2) is 7.23. The van der Waals surface area contributed by atoms with Gasteiger partial charge in [0.15, 0.2) is 5.17 Å². The van der Waals surface area contributed by atoms with Crippen molar-refractivity contribution >= 4 is 28.8 Å². The maximum absolute atomic E-state index is 11.7. The molecule has 1 aliphatic rings. The molecular weight excluding hydrogens is 274 g/mol. The molecule has 0 aromatic carbocycles. The Kier molecular flexibility index (Phi) is 5.34. The fourth-order valence-corrected chi connectivity index (χ4v) is 2.59. The largest absolute Gasteiger partial charge is 0.354 e. The van der Waals surface area contributed by atoms with E-state index in [2.05, 4.69) is 25.6 Å². The molecule has 0 atom stereocenters. The molecule has 20 heavy (non-hydrogen) atoms. The van der Waals surface area contributed by atoms with Gasteiger partial charge in [0, 0.05) is 30.1 Å². The van der Waals surface area contributed by atoms with Gasteiger partial charge in [0.05, 0.1) is 6.54 Å². The lowest BCUT2D eigenvalue weighted by Crippen LogP contribution is -2.27. The number of aromatic nitrogens is 2. The molecule has 0 bridgehead atoms. The summed E-state index contributed by atoms with van der Waals surface area (Å²) in [5.74, 6) is 1.60. The quantitative estimate of drug-likeness (QED) is 0.804. The van der Waals surface area contributed by atoms with Crippen LogP contribution in [0.5, 0.6) is 0 Å². The van der Waals surface area contributed by atoms with Crippen LogP contribution in [0.4, 0.5) is 5.95 Å².